The summed E-state index contributed by atoms with van der Waals surface area (Å²) in [7, 11) is 0. The Labute approximate surface area is 105 Å². The highest BCUT2D eigenvalue weighted by molar-refractivity contribution is 5.89. The monoisotopic (exact) mass is 254 g/mol. The molecule has 7 heteroatoms. The predicted molar refractivity (Wildman–Crippen MR) is 66.3 cm³/mol. The number of nitrogens with zero attached hydrogens (tertiary/aromatic N) is 1. The van der Waals surface area contributed by atoms with Gasteiger partial charge in [-0.3, -0.25) is 9.89 Å². The third-order valence-corrected chi connectivity index (χ3v) is 3.15. The number of nitrogens with one attached hydrogen (secondary N) is 3. The maximum atomic E-state index is 11.6. The molecule has 0 saturated carbocycles. The van der Waals surface area contributed by atoms with Crippen molar-refractivity contribution in [3.05, 3.63) is 12.4 Å². The van der Waals surface area contributed by atoms with Crippen LogP contribution in [0.15, 0.2) is 12.4 Å². The lowest BCUT2D eigenvalue weighted by atomic mass is 9.82. The number of rotatable bonds is 6. The number of H-pyrrole nitrogens is 1. The average Bonchev–Trinajstić information content (AvgIpc) is 2.83. The molecule has 1 heterocycles. The summed E-state index contributed by atoms with van der Waals surface area (Å²) in [5.74, 6) is -0.892. The second-order valence-corrected chi connectivity index (χ2v) is 4.09. The largest absolute Gasteiger partial charge is 0.481 e. The normalized spacial score (nSPS) is 11.0. The maximum absolute atomic E-state index is 11.6. The molecule has 1 aromatic rings. The molecule has 0 bridgehead atoms. The maximum Gasteiger partial charge on any atom is 0.319 e. The first-order chi connectivity index (χ1) is 8.54. The van der Waals surface area contributed by atoms with E-state index in [0.29, 0.717) is 18.5 Å². The van der Waals surface area contributed by atoms with E-state index in [4.69, 9.17) is 0 Å². The van der Waals surface area contributed by atoms with Crippen LogP contribution in [0.2, 0.25) is 0 Å². The van der Waals surface area contributed by atoms with Gasteiger partial charge in [-0.15, -0.1) is 0 Å². The molecule has 1 aromatic heterocycles. The molecule has 0 saturated heterocycles. The van der Waals surface area contributed by atoms with Gasteiger partial charge in [-0.1, -0.05) is 13.8 Å². The highest BCUT2D eigenvalue weighted by atomic mass is 16.4. The summed E-state index contributed by atoms with van der Waals surface area (Å²) in [6.07, 6.45) is 3.92. The molecule has 2 amide bonds. The van der Waals surface area contributed by atoms with Crippen LogP contribution in [0, 0.1) is 5.41 Å². The Bertz CT molecular complexity index is 398. The zero-order chi connectivity index (χ0) is 13.6. The minimum absolute atomic E-state index is 0.0962. The molecule has 7 nitrogen and oxygen atoms in total. The van der Waals surface area contributed by atoms with Crippen molar-refractivity contribution in [2.75, 3.05) is 11.9 Å². The summed E-state index contributed by atoms with van der Waals surface area (Å²) in [4.78, 5) is 22.8. The smallest absolute Gasteiger partial charge is 0.319 e. The van der Waals surface area contributed by atoms with E-state index in [1.807, 2.05) is 0 Å². The molecule has 0 atom stereocenters. The molecule has 0 aromatic carbocycles. The van der Waals surface area contributed by atoms with Gasteiger partial charge in [0.25, 0.3) is 0 Å². The van der Waals surface area contributed by atoms with Gasteiger partial charge in [-0.25, -0.2) is 4.79 Å². The van der Waals surface area contributed by atoms with Gasteiger partial charge in [0.05, 0.1) is 17.3 Å². The number of carboxylic acid groups (broad SMARTS) is 1. The van der Waals surface area contributed by atoms with E-state index in [-0.39, 0.29) is 6.54 Å². The molecule has 100 valence electrons. The van der Waals surface area contributed by atoms with Gasteiger partial charge < -0.3 is 15.7 Å². The van der Waals surface area contributed by atoms with Crippen LogP contribution in [0.25, 0.3) is 0 Å². The van der Waals surface area contributed by atoms with Crippen molar-refractivity contribution in [3.63, 3.8) is 0 Å². The standard InChI is InChI=1S/C11H18N4O3/c1-3-11(4-2,9(16)17)7-12-10(18)15-8-5-13-14-6-8/h5-6H,3-4,7H2,1-2H3,(H,13,14)(H,16,17)(H2,12,15,18). The lowest BCUT2D eigenvalue weighted by molar-refractivity contribution is -0.149. The van der Waals surface area contributed by atoms with Gasteiger partial charge in [0.15, 0.2) is 0 Å². The van der Waals surface area contributed by atoms with E-state index in [0.717, 1.165) is 0 Å². The first-order valence-electron chi connectivity index (χ1n) is 5.81. The number of urea groups is 1. The Kier molecular flexibility index (Phi) is 4.70. The third kappa shape index (κ3) is 3.22. The highest BCUT2D eigenvalue weighted by Gasteiger charge is 2.35. The molecule has 1 rings (SSSR count). The van der Waals surface area contributed by atoms with Crippen molar-refractivity contribution in [2.24, 2.45) is 5.41 Å². The SMILES string of the molecule is CCC(CC)(CNC(=O)Nc1cn[nH]c1)C(=O)O. The number of carbonyl (C=O) groups is 2. The Morgan fingerprint density at radius 2 is 2.11 bits per heavy atom. The van der Waals surface area contributed by atoms with Crippen LogP contribution >= 0.6 is 0 Å². The van der Waals surface area contributed by atoms with E-state index in [2.05, 4.69) is 20.8 Å². The minimum atomic E-state index is -0.909. The van der Waals surface area contributed by atoms with Crippen molar-refractivity contribution < 1.29 is 14.7 Å². The van der Waals surface area contributed by atoms with Crippen LogP contribution in [-0.2, 0) is 4.79 Å². The average molecular weight is 254 g/mol. The van der Waals surface area contributed by atoms with Gasteiger partial charge >= 0.3 is 12.0 Å². The zero-order valence-electron chi connectivity index (χ0n) is 10.5. The topological polar surface area (TPSA) is 107 Å². The number of hydrogen-bond donors (Lipinski definition) is 4. The van der Waals surface area contributed by atoms with E-state index >= 15 is 0 Å². The molecule has 0 radical (unpaired) electrons. The second-order valence-electron chi connectivity index (χ2n) is 4.09. The van der Waals surface area contributed by atoms with Crippen LogP contribution < -0.4 is 10.6 Å². The number of aromatic amines is 1. The third-order valence-electron chi connectivity index (χ3n) is 3.15. The van der Waals surface area contributed by atoms with E-state index in [9.17, 15) is 14.7 Å². The van der Waals surface area contributed by atoms with Crippen molar-refractivity contribution in [3.8, 4) is 0 Å². The fourth-order valence-electron chi connectivity index (χ4n) is 1.62. The van der Waals surface area contributed by atoms with Gasteiger partial charge in [0.1, 0.15) is 0 Å². The molecule has 18 heavy (non-hydrogen) atoms. The van der Waals surface area contributed by atoms with Crippen LogP contribution in [0.5, 0.6) is 0 Å². The molecule has 0 fully saturated rings. The molecule has 0 aliphatic rings. The molecule has 0 aliphatic heterocycles. The van der Waals surface area contributed by atoms with Crippen molar-refractivity contribution in [1.29, 1.82) is 0 Å². The molecular weight excluding hydrogens is 236 g/mol. The predicted octanol–water partition coefficient (Wildman–Crippen LogP) is 1.42. The number of carbonyl (C=O) groups excluding carboxylic acids is 1. The molecule has 0 unspecified atom stereocenters. The van der Waals surface area contributed by atoms with Gasteiger partial charge in [0, 0.05) is 12.7 Å². The van der Waals surface area contributed by atoms with E-state index < -0.39 is 17.4 Å². The molecule has 4 N–H and O–H groups in total. The Morgan fingerprint density at radius 1 is 1.44 bits per heavy atom. The first-order valence-corrected chi connectivity index (χ1v) is 5.81. The minimum Gasteiger partial charge on any atom is -0.481 e. The molecule has 0 spiro atoms. The summed E-state index contributed by atoms with van der Waals surface area (Å²) < 4.78 is 0. The van der Waals surface area contributed by atoms with Crippen LogP contribution in [-0.4, -0.2) is 33.8 Å². The van der Waals surface area contributed by atoms with Crippen molar-refractivity contribution in [1.82, 2.24) is 15.5 Å². The summed E-state index contributed by atoms with van der Waals surface area (Å²) >= 11 is 0. The molecular formula is C11H18N4O3. The number of aliphatic carboxylic acids is 1. The van der Waals surface area contributed by atoms with Crippen molar-refractivity contribution >= 4 is 17.7 Å². The van der Waals surface area contributed by atoms with Crippen LogP contribution in [0.1, 0.15) is 26.7 Å². The fraction of sp³-hybridized carbons (Fsp3) is 0.545. The lowest BCUT2D eigenvalue weighted by Gasteiger charge is -2.26. The second kappa shape index (κ2) is 6.04. The van der Waals surface area contributed by atoms with Crippen LogP contribution in [0.3, 0.4) is 0 Å². The van der Waals surface area contributed by atoms with Crippen molar-refractivity contribution in [2.45, 2.75) is 26.7 Å². The quantitative estimate of drug-likeness (QED) is 0.615. The number of hydrogen-bond acceptors (Lipinski definition) is 3. The highest BCUT2D eigenvalue weighted by Crippen LogP contribution is 2.25. The Morgan fingerprint density at radius 3 is 2.56 bits per heavy atom. The summed E-state index contributed by atoms with van der Waals surface area (Å²) in [6.45, 7) is 3.69. The zero-order valence-corrected chi connectivity index (χ0v) is 10.5. The lowest BCUT2D eigenvalue weighted by Crippen LogP contribution is -2.43. The fourth-order valence-corrected chi connectivity index (χ4v) is 1.62. The summed E-state index contributed by atoms with van der Waals surface area (Å²) in [5.41, 5.74) is -0.380. The van der Waals surface area contributed by atoms with Gasteiger partial charge in [0.2, 0.25) is 0 Å². The number of carboxylic acids is 1. The summed E-state index contributed by atoms with van der Waals surface area (Å²) in [6, 6.07) is -0.441. The Hall–Kier alpha value is -2.05. The van der Waals surface area contributed by atoms with E-state index in [1.54, 1.807) is 13.8 Å². The number of amides is 2. The Balaban J connectivity index is 2.52. The first kappa shape index (κ1) is 14.0. The van der Waals surface area contributed by atoms with Gasteiger partial charge in [-0.2, -0.15) is 5.10 Å². The summed E-state index contributed by atoms with van der Waals surface area (Å²) in [5, 5.41) is 20.6. The van der Waals surface area contributed by atoms with E-state index in [1.165, 1.54) is 12.4 Å². The number of anilines is 1. The molecule has 0 aliphatic carbocycles. The van der Waals surface area contributed by atoms with Gasteiger partial charge in [-0.05, 0) is 12.8 Å². The van der Waals surface area contributed by atoms with Crippen LogP contribution in [0.4, 0.5) is 10.5 Å². The number of aromatic nitrogens is 2.